The largest absolute Gasteiger partial charge is 0.384 e. The number of nitrogens with two attached hydrogens (primary N) is 1. The lowest BCUT2D eigenvalue weighted by atomic mass is 10.3. The molecule has 0 radical (unpaired) electrons. The Kier molecular flexibility index (Phi) is 3.98. The monoisotopic (exact) mass is 245 g/mol. The molecule has 0 atom stereocenters. The van der Waals surface area contributed by atoms with Crippen LogP contribution in [-0.4, -0.2) is 22.6 Å². The molecule has 5 heteroatoms. The number of anilines is 2. The number of nitrogen functional groups attached to an aromatic ring is 1. The van der Waals surface area contributed by atoms with E-state index in [4.69, 9.17) is 11.0 Å². The van der Waals surface area contributed by atoms with E-state index in [9.17, 15) is 0 Å². The number of hydrogen-bond donors (Lipinski definition) is 1. The summed E-state index contributed by atoms with van der Waals surface area (Å²) in [4.78, 5) is 11.0. The number of rotatable bonds is 6. The summed E-state index contributed by atoms with van der Waals surface area (Å²) in [5, 5.41) is 8.72. The van der Waals surface area contributed by atoms with Crippen LogP contribution in [0.4, 0.5) is 11.6 Å². The highest BCUT2D eigenvalue weighted by Crippen LogP contribution is 2.31. The molecule has 2 N–H and O–H groups in total. The Morgan fingerprint density at radius 3 is 2.89 bits per heavy atom. The maximum atomic E-state index is 8.72. The SMILES string of the molecule is CCCc1nc(N)cc(N(CCC#N)C2CC2)n1. The Hall–Kier alpha value is -1.83. The zero-order valence-electron chi connectivity index (χ0n) is 10.8. The van der Waals surface area contributed by atoms with Crippen LogP contribution < -0.4 is 10.6 Å². The Morgan fingerprint density at radius 2 is 2.28 bits per heavy atom. The fourth-order valence-electron chi connectivity index (χ4n) is 2.03. The van der Waals surface area contributed by atoms with Gasteiger partial charge in [0.05, 0.1) is 12.5 Å². The smallest absolute Gasteiger partial charge is 0.134 e. The molecule has 0 aliphatic heterocycles. The number of nitrogens with zero attached hydrogens (tertiary/aromatic N) is 4. The standard InChI is InChI=1S/C13H19N5/c1-2-4-12-16-11(15)9-13(17-12)18(8-3-7-14)10-5-6-10/h9-10H,2-6,8H2,1H3,(H2,15,16,17). The quantitative estimate of drug-likeness (QED) is 0.828. The highest BCUT2D eigenvalue weighted by Gasteiger charge is 2.30. The molecule has 18 heavy (non-hydrogen) atoms. The van der Waals surface area contributed by atoms with Crippen molar-refractivity contribution < 1.29 is 0 Å². The Bertz CT molecular complexity index is 447. The summed E-state index contributed by atoms with van der Waals surface area (Å²) in [5.41, 5.74) is 5.83. The number of aryl methyl sites for hydroxylation is 1. The highest BCUT2D eigenvalue weighted by molar-refractivity contribution is 5.49. The zero-order chi connectivity index (χ0) is 13.0. The van der Waals surface area contributed by atoms with Crippen molar-refractivity contribution in [2.75, 3.05) is 17.2 Å². The van der Waals surface area contributed by atoms with E-state index in [1.54, 1.807) is 0 Å². The van der Waals surface area contributed by atoms with Crippen LogP contribution in [0.3, 0.4) is 0 Å². The Morgan fingerprint density at radius 1 is 1.50 bits per heavy atom. The molecule has 1 fully saturated rings. The van der Waals surface area contributed by atoms with Crippen molar-refractivity contribution in [1.82, 2.24) is 9.97 Å². The van der Waals surface area contributed by atoms with E-state index in [-0.39, 0.29) is 0 Å². The number of aromatic nitrogens is 2. The van der Waals surface area contributed by atoms with Gasteiger partial charge >= 0.3 is 0 Å². The molecule has 0 spiro atoms. The van der Waals surface area contributed by atoms with Crippen LogP contribution in [0.1, 0.15) is 38.4 Å². The molecule has 0 saturated heterocycles. The predicted molar refractivity (Wildman–Crippen MR) is 71.0 cm³/mol. The van der Waals surface area contributed by atoms with E-state index in [1.165, 1.54) is 12.8 Å². The minimum atomic E-state index is 0.517. The first-order valence-corrected chi connectivity index (χ1v) is 6.51. The number of nitriles is 1. The van der Waals surface area contributed by atoms with Crippen molar-refractivity contribution in [2.24, 2.45) is 0 Å². The van der Waals surface area contributed by atoms with Crippen LogP contribution in [0, 0.1) is 11.3 Å². The van der Waals surface area contributed by atoms with E-state index < -0.39 is 0 Å². The average molecular weight is 245 g/mol. The number of hydrogen-bond acceptors (Lipinski definition) is 5. The van der Waals surface area contributed by atoms with Crippen LogP contribution in [0.15, 0.2) is 6.07 Å². The molecular formula is C13H19N5. The van der Waals surface area contributed by atoms with Gasteiger partial charge in [-0.05, 0) is 19.3 Å². The molecule has 1 aliphatic carbocycles. The first-order chi connectivity index (χ1) is 8.74. The van der Waals surface area contributed by atoms with E-state index in [2.05, 4.69) is 27.9 Å². The normalized spacial score (nSPS) is 14.2. The van der Waals surface area contributed by atoms with Gasteiger partial charge in [-0.15, -0.1) is 0 Å². The van der Waals surface area contributed by atoms with Crippen LogP contribution in [-0.2, 0) is 6.42 Å². The fourth-order valence-corrected chi connectivity index (χ4v) is 2.03. The summed E-state index contributed by atoms with van der Waals surface area (Å²) in [6.07, 6.45) is 4.72. The molecule has 0 bridgehead atoms. The van der Waals surface area contributed by atoms with Gasteiger partial charge in [0.1, 0.15) is 17.5 Å². The first-order valence-electron chi connectivity index (χ1n) is 6.51. The third-order valence-corrected chi connectivity index (χ3v) is 3.00. The first kappa shape index (κ1) is 12.6. The molecule has 5 nitrogen and oxygen atoms in total. The van der Waals surface area contributed by atoms with Crippen LogP contribution in [0.5, 0.6) is 0 Å². The Balaban J connectivity index is 2.20. The van der Waals surface area contributed by atoms with Crippen molar-refractivity contribution in [3.63, 3.8) is 0 Å². The highest BCUT2D eigenvalue weighted by atomic mass is 15.2. The zero-order valence-corrected chi connectivity index (χ0v) is 10.8. The van der Waals surface area contributed by atoms with Gasteiger partial charge in [0.25, 0.3) is 0 Å². The molecule has 1 aromatic rings. The maximum absolute atomic E-state index is 8.72. The van der Waals surface area contributed by atoms with E-state index in [0.717, 1.165) is 31.0 Å². The second-order valence-electron chi connectivity index (χ2n) is 4.65. The molecule has 96 valence electrons. The van der Waals surface area contributed by atoms with Gasteiger partial charge < -0.3 is 10.6 Å². The summed E-state index contributed by atoms with van der Waals surface area (Å²) in [6, 6.07) is 4.53. The lowest BCUT2D eigenvalue weighted by Gasteiger charge is -2.22. The second kappa shape index (κ2) is 5.67. The van der Waals surface area contributed by atoms with Crippen molar-refractivity contribution in [1.29, 1.82) is 5.26 Å². The van der Waals surface area contributed by atoms with E-state index >= 15 is 0 Å². The maximum Gasteiger partial charge on any atom is 0.134 e. The molecule has 0 unspecified atom stereocenters. The molecule has 1 aliphatic rings. The topological polar surface area (TPSA) is 78.8 Å². The summed E-state index contributed by atoms with van der Waals surface area (Å²) in [7, 11) is 0. The van der Waals surface area contributed by atoms with Crippen molar-refractivity contribution in [2.45, 2.75) is 45.1 Å². The fraction of sp³-hybridized carbons (Fsp3) is 0.615. The molecular weight excluding hydrogens is 226 g/mol. The molecule has 0 amide bonds. The van der Waals surface area contributed by atoms with Crippen LogP contribution >= 0.6 is 0 Å². The minimum Gasteiger partial charge on any atom is -0.384 e. The van der Waals surface area contributed by atoms with Gasteiger partial charge in [0.15, 0.2) is 0 Å². The van der Waals surface area contributed by atoms with Gasteiger partial charge in [-0.2, -0.15) is 5.26 Å². The van der Waals surface area contributed by atoms with Crippen LogP contribution in [0.25, 0.3) is 0 Å². The van der Waals surface area contributed by atoms with Gasteiger partial charge in [-0.3, -0.25) is 0 Å². The molecule has 1 heterocycles. The summed E-state index contributed by atoms with van der Waals surface area (Å²) in [6.45, 7) is 2.82. The van der Waals surface area contributed by atoms with E-state index in [0.29, 0.717) is 18.3 Å². The molecule has 1 saturated carbocycles. The van der Waals surface area contributed by atoms with Crippen molar-refractivity contribution in [3.8, 4) is 6.07 Å². The second-order valence-corrected chi connectivity index (χ2v) is 4.65. The van der Waals surface area contributed by atoms with Gasteiger partial charge in [-0.1, -0.05) is 6.92 Å². The Labute approximate surface area is 108 Å². The third kappa shape index (κ3) is 3.10. The summed E-state index contributed by atoms with van der Waals surface area (Å²) < 4.78 is 0. The van der Waals surface area contributed by atoms with Gasteiger partial charge in [0.2, 0.25) is 0 Å². The van der Waals surface area contributed by atoms with Gasteiger partial charge in [-0.25, -0.2) is 9.97 Å². The molecule has 1 aromatic heterocycles. The third-order valence-electron chi connectivity index (χ3n) is 3.00. The lowest BCUT2D eigenvalue weighted by molar-refractivity contribution is 0.758. The van der Waals surface area contributed by atoms with Crippen LogP contribution in [0.2, 0.25) is 0 Å². The predicted octanol–water partition coefficient (Wildman–Crippen LogP) is 1.89. The van der Waals surface area contributed by atoms with E-state index in [1.807, 2.05) is 6.07 Å². The summed E-state index contributed by atoms with van der Waals surface area (Å²) >= 11 is 0. The average Bonchev–Trinajstić information content (AvgIpc) is 3.14. The summed E-state index contributed by atoms with van der Waals surface area (Å²) in [5.74, 6) is 2.20. The minimum absolute atomic E-state index is 0.517. The molecule has 0 aromatic carbocycles. The molecule has 2 rings (SSSR count). The van der Waals surface area contributed by atoms with Crippen molar-refractivity contribution in [3.05, 3.63) is 11.9 Å². The van der Waals surface area contributed by atoms with Crippen molar-refractivity contribution >= 4 is 11.6 Å². The lowest BCUT2D eigenvalue weighted by Crippen LogP contribution is -2.28. The van der Waals surface area contributed by atoms with Gasteiger partial charge in [0, 0.05) is 25.1 Å².